The first kappa shape index (κ1) is 29.8. The normalized spacial score (nSPS) is 14.1. The van der Waals surface area contributed by atoms with Crippen molar-refractivity contribution >= 4 is 29.4 Å². The summed E-state index contributed by atoms with van der Waals surface area (Å²) >= 11 is 0. The average molecular weight is 561 g/mol. The summed E-state index contributed by atoms with van der Waals surface area (Å²) in [6, 6.07) is 8.87. The number of carbonyl (C=O) groups is 3. The van der Waals surface area contributed by atoms with Gasteiger partial charge in [-0.05, 0) is 73.3 Å². The van der Waals surface area contributed by atoms with E-state index >= 15 is 0 Å². The number of imidazole rings is 1. The van der Waals surface area contributed by atoms with Crippen LogP contribution in [0.3, 0.4) is 0 Å². The molecule has 10 nitrogen and oxygen atoms in total. The van der Waals surface area contributed by atoms with Gasteiger partial charge >= 0.3 is 12.0 Å². The molecule has 218 valence electrons. The lowest BCUT2D eigenvalue weighted by Crippen LogP contribution is -2.31. The Morgan fingerprint density at radius 2 is 1.88 bits per heavy atom. The van der Waals surface area contributed by atoms with E-state index < -0.39 is 5.97 Å². The second-order valence-electron chi connectivity index (χ2n) is 11.3. The maximum atomic E-state index is 13.2. The Balaban J connectivity index is 1.46. The van der Waals surface area contributed by atoms with Crippen molar-refractivity contribution in [2.75, 3.05) is 10.6 Å². The fourth-order valence-electron chi connectivity index (χ4n) is 5.35. The molecule has 1 aliphatic rings. The number of rotatable bonds is 12. The van der Waals surface area contributed by atoms with E-state index in [-0.39, 0.29) is 30.8 Å². The molecule has 5 N–H and O–H groups in total. The lowest BCUT2D eigenvalue weighted by atomic mass is 9.93. The minimum absolute atomic E-state index is 0.0153. The Hall–Kier alpha value is -4.21. The zero-order chi connectivity index (χ0) is 29.4. The third-order valence-electron chi connectivity index (χ3n) is 7.39. The molecule has 1 saturated carbocycles. The van der Waals surface area contributed by atoms with Gasteiger partial charge in [-0.25, -0.2) is 14.8 Å². The van der Waals surface area contributed by atoms with Gasteiger partial charge in [-0.1, -0.05) is 44.9 Å². The highest BCUT2D eigenvalue weighted by atomic mass is 16.4. The smallest absolute Gasteiger partial charge is 0.324 e. The lowest BCUT2D eigenvalue weighted by Gasteiger charge is -2.20. The molecule has 0 saturated heterocycles. The molecule has 0 radical (unpaired) electrons. The van der Waals surface area contributed by atoms with E-state index in [1.807, 2.05) is 37.3 Å². The summed E-state index contributed by atoms with van der Waals surface area (Å²) in [7, 11) is 0. The van der Waals surface area contributed by atoms with Crippen molar-refractivity contribution in [1.29, 1.82) is 0 Å². The molecule has 1 aromatic carbocycles. The number of amides is 3. The zero-order valence-corrected chi connectivity index (χ0v) is 24.0. The number of hydrogen-bond donors (Lipinski definition) is 5. The molecule has 41 heavy (non-hydrogen) atoms. The molecule has 1 unspecified atom stereocenters. The minimum atomic E-state index is -0.865. The second-order valence-corrected chi connectivity index (χ2v) is 11.3. The van der Waals surface area contributed by atoms with Gasteiger partial charge < -0.3 is 20.7 Å². The highest BCUT2D eigenvalue weighted by molar-refractivity contribution is 6.00. The van der Waals surface area contributed by atoms with Crippen LogP contribution in [0.15, 0.2) is 42.7 Å². The van der Waals surface area contributed by atoms with Crippen LogP contribution in [0.1, 0.15) is 92.5 Å². The molecule has 0 spiro atoms. The highest BCUT2D eigenvalue weighted by Gasteiger charge is 2.23. The van der Waals surface area contributed by atoms with Gasteiger partial charge in [0.15, 0.2) is 0 Å². The number of hydrogen-bond acceptors (Lipinski definition) is 5. The van der Waals surface area contributed by atoms with Crippen molar-refractivity contribution in [3.63, 3.8) is 0 Å². The topological polar surface area (TPSA) is 149 Å². The van der Waals surface area contributed by atoms with Crippen LogP contribution in [-0.2, 0) is 22.4 Å². The Kier molecular flexibility index (Phi) is 10.1. The number of nitrogens with zero attached hydrogens (tertiary/aromatic N) is 2. The van der Waals surface area contributed by atoms with E-state index in [0.29, 0.717) is 36.3 Å². The van der Waals surface area contributed by atoms with Crippen LogP contribution in [-0.4, -0.2) is 38.0 Å². The number of carboxylic acids is 1. The number of benzene rings is 1. The van der Waals surface area contributed by atoms with E-state index in [0.717, 1.165) is 53.8 Å². The molecule has 1 fully saturated rings. The van der Waals surface area contributed by atoms with Gasteiger partial charge in [-0.2, -0.15) is 0 Å². The predicted molar refractivity (Wildman–Crippen MR) is 158 cm³/mol. The first-order chi connectivity index (χ1) is 19.7. The Morgan fingerprint density at radius 1 is 1.10 bits per heavy atom. The van der Waals surface area contributed by atoms with E-state index in [1.165, 1.54) is 0 Å². The SMILES string of the molecule is Cc1cccnc1NC(=O)Nc1ccc(CC(=O)NC(CC(C)C)c2ncc(CCC(=O)O)[nH]2)cc1C1CCCC1. The average Bonchev–Trinajstić information content (AvgIpc) is 3.62. The predicted octanol–water partition coefficient (Wildman–Crippen LogP) is 5.88. The number of aryl methyl sites for hydroxylation is 2. The summed E-state index contributed by atoms with van der Waals surface area (Å²) in [4.78, 5) is 48.8. The monoisotopic (exact) mass is 560 g/mol. The second kappa shape index (κ2) is 13.9. The van der Waals surface area contributed by atoms with E-state index in [1.54, 1.807) is 12.4 Å². The molecule has 3 aromatic rings. The van der Waals surface area contributed by atoms with Crippen molar-refractivity contribution in [2.45, 2.75) is 84.1 Å². The van der Waals surface area contributed by atoms with Gasteiger partial charge in [-0.3, -0.25) is 14.9 Å². The number of carboxylic acid groups (broad SMARTS) is 1. The maximum absolute atomic E-state index is 13.2. The first-order valence-corrected chi connectivity index (χ1v) is 14.3. The molecular weight excluding hydrogens is 520 g/mol. The minimum Gasteiger partial charge on any atom is -0.481 e. The van der Waals surface area contributed by atoms with Crippen molar-refractivity contribution in [3.8, 4) is 0 Å². The van der Waals surface area contributed by atoms with E-state index in [2.05, 4.69) is 44.7 Å². The number of nitrogens with one attached hydrogen (secondary N) is 4. The van der Waals surface area contributed by atoms with Gasteiger partial charge in [0.1, 0.15) is 11.6 Å². The zero-order valence-electron chi connectivity index (χ0n) is 24.0. The largest absolute Gasteiger partial charge is 0.481 e. The van der Waals surface area contributed by atoms with Gasteiger partial charge in [0.2, 0.25) is 5.91 Å². The fraction of sp³-hybridized carbons (Fsp3) is 0.452. The highest BCUT2D eigenvalue weighted by Crippen LogP contribution is 2.38. The van der Waals surface area contributed by atoms with Crippen molar-refractivity contribution in [1.82, 2.24) is 20.3 Å². The molecule has 2 heterocycles. The number of aromatic nitrogens is 3. The first-order valence-electron chi connectivity index (χ1n) is 14.3. The van der Waals surface area contributed by atoms with Gasteiger partial charge in [0.05, 0.1) is 18.9 Å². The van der Waals surface area contributed by atoms with E-state index in [9.17, 15) is 14.4 Å². The van der Waals surface area contributed by atoms with Gasteiger partial charge in [-0.15, -0.1) is 0 Å². The number of anilines is 2. The molecule has 0 bridgehead atoms. The Labute approximate surface area is 240 Å². The molecule has 2 aromatic heterocycles. The summed E-state index contributed by atoms with van der Waals surface area (Å²) in [6.07, 6.45) is 8.92. The van der Waals surface area contributed by atoms with Crippen LogP contribution in [0, 0.1) is 12.8 Å². The molecule has 1 atom stereocenters. The van der Waals surface area contributed by atoms with Crippen LogP contribution in [0.4, 0.5) is 16.3 Å². The van der Waals surface area contributed by atoms with E-state index in [4.69, 9.17) is 5.11 Å². The lowest BCUT2D eigenvalue weighted by molar-refractivity contribution is -0.137. The summed E-state index contributed by atoms with van der Waals surface area (Å²) in [6.45, 7) is 6.05. The number of aromatic amines is 1. The van der Waals surface area contributed by atoms with Crippen molar-refractivity contribution in [2.24, 2.45) is 5.92 Å². The molecule has 4 rings (SSSR count). The number of H-pyrrole nitrogens is 1. The fourth-order valence-corrected chi connectivity index (χ4v) is 5.35. The number of carbonyl (C=O) groups excluding carboxylic acids is 2. The molecular formula is C31H40N6O4. The van der Waals surface area contributed by atoms with Crippen LogP contribution in [0.2, 0.25) is 0 Å². The van der Waals surface area contributed by atoms with Crippen molar-refractivity contribution < 1.29 is 19.5 Å². The van der Waals surface area contributed by atoms with Gasteiger partial charge in [0, 0.05) is 23.8 Å². The Morgan fingerprint density at radius 3 is 2.59 bits per heavy atom. The van der Waals surface area contributed by atoms with Crippen molar-refractivity contribution in [3.05, 3.63) is 70.9 Å². The quantitative estimate of drug-likeness (QED) is 0.187. The maximum Gasteiger partial charge on any atom is 0.324 e. The summed E-state index contributed by atoms with van der Waals surface area (Å²) in [5, 5.41) is 17.9. The van der Waals surface area contributed by atoms with Gasteiger partial charge in [0.25, 0.3) is 0 Å². The third-order valence-corrected chi connectivity index (χ3v) is 7.39. The molecule has 0 aliphatic heterocycles. The third kappa shape index (κ3) is 8.64. The molecule has 10 heteroatoms. The number of pyridine rings is 1. The van der Waals surface area contributed by atoms with Crippen LogP contribution in [0.25, 0.3) is 0 Å². The number of urea groups is 1. The van der Waals surface area contributed by atoms with Crippen LogP contribution in [0.5, 0.6) is 0 Å². The summed E-state index contributed by atoms with van der Waals surface area (Å²) in [5.74, 6) is 0.796. The summed E-state index contributed by atoms with van der Waals surface area (Å²) in [5.41, 5.74) is 4.28. The standard InChI is InChI=1S/C31H40N6O4/c1-19(2)15-26(30-33-18-23(34-30)11-13-28(39)40)35-27(38)17-21-10-12-25(24(16-21)22-8-4-5-9-22)36-31(41)37-29-20(3)7-6-14-32-29/h6-7,10,12,14,16,18-19,22,26H,4-5,8-9,11,13,15,17H2,1-3H3,(H,33,34)(H,35,38)(H,39,40)(H2,32,36,37,41). The van der Waals surface area contributed by atoms with Crippen LogP contribution < -0.4 is 16.0 Å². The Bertz CT molecular complexity index is 1360. The summed E-state index contributed by atoms with van der Waals surface area (Å²) < 4.78 is 0. The molecule has 3 amide bonds. The molecule has 1 aliphatic carbocycles. The number of aliphatic carboxylic acids is 1. The van der Waals surface area contributed by atoms with Crippen LogP contribution >= 0.6 is 0 Å².